The lowest BCUT2D eigenvalue weighted by Crippen LogP contribution is -2.16. The molecule has 3 rings (SSSR count). The van der Waals surface area contributed by atoms with Gasteiger partial charge in [-0.1, -0.05) is 29.8 Å². The van der Waals surface area contributed by atoms with Gasteiger partial charge in [0.1, 0.15) is 23.9 Å². The number of hydrogen-bond donors (Lipinski definition) is 0. The van der Waals surface area contributed by atoms with E-state index >= 15 is 0 Å². The molecule has 0 spiro atoms. The zero-order valence-electron chi connectivity index (χ0n) is 11.6. The number of hydrogen-bond acceptors (Lipinski definition) is 3. The van der Waals surface area contributed by atoms with Crippen LogP contribution in [0.25, 0.3) is 0 Å². The van der Waals surface area contributed by atoms with Crippen molar-refractivity contribution in [2.75, 3.05) is 13.7 Å². The molecule has 1 aliphatic rings. The minimum Gasteiger partial charge on any atom is -0.496 e. The van der Waals surface area contributed by atoms with E-state index in [1.54, 1.807) is 25.3 Å². The summed E-state index contributed by atoms with van der Waals surface area (Å²) in [7, 11) is 1.59. The summed E-state index contributed by atoms with van der Waals surface area (Å²) < 4.78 is 10.9. The number of rotatable bonds is 4. The second kappa shape index (κ2) is 5.78. The zero-order valence-corrected chi connectivity index (χ0v) is 12.4. The van der Waals surface area contributed by atoms with Crippen LogP contribution in [0.2, 0.25) is 5.02 Å². The third-order valence-electron chi connectivity index (χ3n) is 3.70. The largest absolute Gasteiger partial charge is 0.496 e. The number of benzene rings is 2. The summed E-state index contributed by atoms with van der Waals surface area (Å²) in [5, 5.41) is 0.599. The Morgan fingerprint density at radius 3 is 2.95 bits per heavy atom. The van der Waals surface area contributed by atoms with Gasteiger partial charge in [0.2, 0.25) is 0 Å². The molecule has 4 heteroatoms. The van der Waals surface area contributed by atoms with Crippen molar-refractivity contribution in [3.05, 3.63) is 58.6 Å². The van der Waals surface area contributed by atoms with E-state index in [-0.39, 0.29) is 18.1 Å². The number of fused-ring (bicyclic) bond motifs is 1. The first kappa shape index (κ1) is 14.0. The molecule has 21 heavy (non-hydrogen) atoms. The zero-order chi connectivity index (χ0) is 14.8. The first-order chi connectivity index (χ1) is 10.2. The monoisotopic (exact) mass is 302 g/mol. The topological polar surface area (TPSA) is 35.5 Å². The molecule has 108 valence electrons. The van der Waals surface area contributed by atoms with E-state index in [0.717, 1.165) is 16.9 Å². The summed E-state index contributed by atoms with van der Waals surface area (Å²) in [4.78, 5) is 12.6. The van der Waals surface area contributed by atoms with Crippen LogP contribution in [0, 0.1) is 0 Å². The van der Waals surface area contributed by atoms with Crippen LogP contribution in [0.15, 0.2) is 42.5 Å². The number of Topliss-reactive ketones (excluding diaryl/α,β-unsaturated/α-hetero) is 1. The van der Waals surface area contributed by atoms with Gasteiger partial charge in [-0.25, -0.2) is 0 Å². The minimum atomic E-state index is -0.218. The van der Waals surface area contributed by atoms with Crippen LogP contribution in [-0.4, -0.2) is 19.5 Å². The molecular formula is C17H15ClO3. The number of methoxy groups -OCH3 is 1. The lowest BCUT2D eigenvalue weighted by atomic mass is 9.92. The van der Waals surface area contributed by atoms with E-state index in [1.807, 2.05) is 24.3 Å². The van der Waals surface area contributed by atoms with Gasteiger partial charge in [0.05, 0.1) is 13.0 Å². The van der Waals surface area contributed by atoms with Crippen molar-refractivity contribution in [2.24, 2.45) is 0 Å². The van der Waals surface area contributed by atoms with Crippen molar-refractivity contribution >= 4 is 17.4 Å². The highest BCUT2D eigenvalue weighted by atomic mass is 35.5. The lowest BCUT2D eigenvalue weighted by molar-refractivity contribution is -0.120. The van der Waals surface area contributed by atoms with Gasteiger partial charge in [-0.2, -0.15) is 0 Å². The summed E-state index contributed by atoms with van der Waals surface area (Å²) >= 11 is 6.01. The van der Waals surface area contributed by atoms with Crippen LogP contribution < -0.4 is 9.47 Å². The number of carbonyl (C=O) groups is 1. The third-order valence-corrected chi connectivity index (χ3v) is 3.93. The maximum absolute atomic E-state index is 12.6. The van der Waals surface area contributed by atoms with Gasteiger partial charge in [-0.05, 0) is 24.3 Å². The fourth-order valence-corrected chi connectivity index (χ4v) is 2.82. The average molecular weight is 303 g/mol. The van der Waals surface area contributed by atoms with E-state index in [0.29, 0.717) is 17.4 Å². The van der Waals surface area contributed by atoms with Crippen LogP contribution in [0.1, 0.15) is 17.0 Å². The van der Waals surface area contributed by atoms with E-state index in [9.17, 15) is 4.79 Å². The molecule has 0 saturated carbocycles. The molecule has 0 bridgehead atoms. The summed E-state index contributed by atoms with van der Waals surface area (Å²) in [5.74, 6) is 1.37. The first-order valence-electron chi connectivity index (χ1n) is 6.76. The van der Waals surface area contributed by atoms with Crippen molar-refractivity contribution in [3.8, 4) is 11.5 Å². The molecule has 0 saturated heterocycles. The molecule has 3 nitrogen and oxygen atoms in total. The number of carbonyl (C=O) groups excluding carboxylic acids is 1. The van der Waals surface area contributed by atoms with E-state index in [1.165, 1.54) is 0 Å². The van der Waals surface area contributed by atoms with Crippen LogP contribution in [0.5, 0.6) is 11.5 Å². The van der Waals surface area contributed by atoms with Gasteiger partial charge < -0.3 is 9.47 Å². The van der Waals surface area contributed by atoms with Gasteiger partial charge in [0.15, 0.2) is 0 Å². The van der Waals surface area contributed by atoms with Crippen molar-refractivity contribution in [1.29, 1.82) is 0 Å². The summed E-state index contributed by atoms with van der Waals surface area (Å²) in [6, 6.07) is 13.0. The molecule has 0 amide bonds. The molecule has 0 radical (unpaired) electrons. The second-order valence-electron chi connectivity index (χ2n) is 5.00. The Morgan fingerprint density at radius 2 is 2.14 bits per heavy atom. The summed E-state index contributed by atoms with van der Waals surface area (Å²) in [6.45, 7) is 0.404. The number of ketones is 1. The number of ether oxygens (including phenoxy) is 2. The average Bonchev–Trinajstić information content (AvgIpc) is 2.91. The van der Waals surface area contributed by atoms with Gasteiger partial charge in [-0.3, -0.25) is 4.79 Å². The maximum atomic E-state index is 12.6. The number of para-hydroxylation sites is 1. The Bertz CT molecular complexity index is 681. The van der Waals surface area contributed by atoms with Crippen molar-refractivity contribution in [2.45, 2.75) is 12.3 Å². The standard InChI is InChI=1S/C17H15ClO3/c1-20-16-7-6-12(18)8-11(16)9-15(19)14-10-21-17-5-3-2-4-13(14)17/h2-8,14H,9-10H2,1H3. The lowest BCUT2D eigenvalue weighted by Gasteiger charge is -2.11. The molecular weight excluding hydrogens is 288 g/mol. The number of halogens is 1. The summed E-state index contributed by atoms with van der Waals surface area (Å²) in [5.41, 5.74) is 1.77. The molecule has 0 N–H and O–H groups in total. The van der Waals surface area contributed by atoms with E-state index in [4.69, 9.17) is 21.1 Å². The van der Waals surface area contributed by atoms with Crippen LogP contribution in [0.4, 0.5) is 0 Å². The van der Waals surface area contributed by atoms with Gasteiger partial charge in [0, 0.05) is 22.6 Å². The van der Waals surface area contributed by atoms with Crippen molar-refractivity contribution in [1.82, 2.24) is 0 Å². The van der Waals surface area contributed by atoms with E-state index < -0.39 is 0 Å². The third kappa shape index (κ3) is 2.74. The quantitative estimate of drug-likeness (QED) is 0.865. The predicted octanol–water partition coefficient (Wildman–Crippen LogP) is 3.64. The molecule has 0 aliphatic carbocycles. The minimum absolute atomic E-state index is 0.112. The van der Waals surface area contributed by atoms with Crippen LogP contribution in [0.3, 0.4) is 0 Å². The van der Waals surface area contributed by atoms with E-state index in [2.05, 4.69) is 0 Å². The Kier molecular flexibility index (Phi) is 3.84. The van der Waals surface area contributed by atoms with Crippen LogP contribution >= 0.6 is 11.6 Å². The smallest absolute Gasteiger partial charge is 0.148 e. The fourth-order valence-electron chi connectivity index (χ4n) is 2.63. The highest BCUT2D eigenvalue weighted by Gasteiger charge is 2.30. The van der Waals surface area contributed by atoms with Gasteiger partial charge in [-0.15, -0.1) is 0 Å². The molecule has 2 aromatic rings. The maximum Gasteiger partial charge on any atom is 0.148 e. The molecule has 1 heterocycles. The normalized spacial score (nSPS) is 16.2. The van der Waals surface area contributed by atoms with Gasteiger partial charge >= 0.3 is 0 Å². The SMILES string of the molecule is COc1ccc(Cl)cc1CC(=O)C1COc2ccccc21. The Balaban J connectivity index is 1.83. The highest BCUT2D eigenvalue weighted by molar-refractivity contribution is 6.30. The van der Waals surface area contributed by atoms with Gasteiger partial charge in [0.25, 0.3) is 0 Å². The molecule has 0 fully saturated rings. The Morgan fingerprint density at radius 1 is 1.33 bits per heavy atom. The highest BCUT2D eigenvalue weighted by Crippen LogP contribution is 2.35. The summed E-state index contributed by atoms with van der Waals surface area (Å²) in [6.07, 6.45) is 0.284. The molecule has 2 aromatic carbocycles. The van der Waals surface area contributed by atoms with Crippen LogP contribution in [-0.2, 0) is 11.2 Å². The second-order valence-corrected chi connectivity index (χ2v) is 5.44. The molecule has 1 aliphatic heterocycles. The molecule has 1 unspecified atom stereocenters. The molecule has 1 atom stereocenters. The van der Waals surface area contributed by atoms with Crippen molar-refractivity contribution < 1.29 is 14.3 Å². The fraction of sp³-hybridized carbons (Fsp3) is 0.235. The molecule has 0 aromatic heterocycles. The first-order valence-corrected chi connectivity index (χ1v) is 7.13. The van der Waals surface area contributed by atoms with Crippen molar-refractivity contribution in [3.63, 3.8) is 0 Å². The Labute approximate surface area is 128 Å². The Hall–Kier alpha value is -2.00. The predicted molar refractivity (Wildman–Crippen MR) is 81.4 cm³/mol.